The van der Waals surface area contributed by atoms with Crippen molar-refractivity contribution in [3.63, 3.8) is 0 Å². The molecule has 1 aliphatic rings. The van der Waals surface area contributed by atoms with Crippen LogP contribution in [0.15, 0.2) is 30.5 Å². The Hall–Kier alpha value is -4.33. The first-order chi connectivity index (χ1) is 15.9. The number of fused-ring (bicyclic) bond motifs is 1. The van der Waals surface area contributed by atoms with Gasteiger partial charge in [0.1, 0.15) is 11.3 Å². The van der Waals surface area contributed by atoms with Crippen molar-refractivity contribution in [3.05, 3.63) is 36.2 Å². The van der Waals surface area contributed by atoms with E-state index in [0.29, 0.717) is 36.3 Å². The van der Waals surface area contributed by atoms with E-state index in [0.717, 1.165) is 28.0 Å². The van der Waals surface area contributed by atoms with Crippen LogP contribution in [0.25, 0.3) is 22.3 Å². The summed E-state index contributed by atoms with van der Waals surface area (Å²) >= 11 is 0. The third-order valence-corrected chi connectivity index (χ3v) is 5.65. The van der Waals surface area contributed by atoms with E-state index in [1.165, 1.54) is 0 Å². The first kappa shape index (κ1) is 20.6. The minimum Gasteiger partial charge on any atom is -0.495 e. The molecule has 0 unspecified atom stereocenters. The number of pyridine rings is 1. The Kier molecular flexibility index (Phi) is 4.78. The summed E-state index contributed by atoms with van der Waals surface area (Å²) in [4.78, 5) is 16.0. The van der Waals surface area contributed by atoms with Gasteiger partial charge in [0.2, 0.25) is 5.95 Å². The second kappa shape index (κ2) is 7.67. The molecule has 11 heteroatoms. The smallest absolute Gasteiger partial charge is 0.227 e. The van der Waals surface area contributed by atoms with E-state index < -0.39 is 0 Å². The fourth-order valence-corrected chi connectivity index (χ4v) is 3.98. The number of ether oxygens (including phenoxy) is 1. The zero-order chi connectivity index (χ0) is 23.2. The van der Waals surface area contributed by atoms with Gasteiger partial charge in [-0.05, 0) is 48.5 Å². The number of rotatable bonds is 5. The third-order valence-electron chi connectivity index (χ3n) is 5.65. The molecule has 166 valence electrons. The average molecular weight is 442 g/mol. The van der Waals surface area contributed by atoms with Crippen molar-refractivity contribution in [1.29, 1.82) is 5.26 Å². The molecule has 0 saturated carbocycles. The molecule has 11 nitrogen and oxygen atoms in total. The van der Waals surface area contributed by atoms with E-state index in [9.17, 15) is 5.26 Å². The van der Waals surface area contributed by atoms with Crippen LogP contribution in [0.1, 0.15) is 12.6 Å². The molecule has 1 saturated heterocycles. The number of nitrogens with one attached hydrogen (secondary N) is 1. The monoisotopic (exact) mass is 442 g/mol. The number of tetrazole rings is 1. The first-order valence-electron chi connectivity index (χ1n) is 10.4. The molecule has 3 aromatic heterocycles. The number of nitrogens with zero attached hydrogens (tertiary/aromatic N) is 9. The lowest BCUT2D eigenvalue weighted by molar-refractivity contribution is 0.335. The summed E-state index contributed by atoms with van der Waals surface area (Å²) in [6, 6.07) is 9.96. The molecule has 5 rings (SSSR count). The minimum absolute atomic E-state index is 0.362. The Morgan fingerprint density at radius 3 is 2.73 bits per heavy atom. The Bertz CT molecular complexity index is 1400. The molecule has 1 aliphatic heterocycles. The molecule has 1 fully saturated rings. The summed E-state index contributed by atoms with van der Waals surface area (Å²) in [6.07, 6.45) is 1.78. The van der Waals surface area contributed by atoms with E-state index in [4.69, 9.17) is 14.7 Å². The normalized spacial score (nSPS) is 14.6. The highest BCUT2D eigenvalue weighted by Gasteiger charge is 2.40. The molecule has 0 amide bonds. The number of aromatic nitrogens is 7. The Balaban J connectivity index is 1.49. The van der Waals surface area contributed by atoms with E-state index in [2.05, 4.69) is 36.8 Å². The van der Waals surface area contributed by atoms with E-state index >= 15 is 0 Å². The standard InChI is InChI=1S/C22H22N10O/c1-13-7-15-9-24-21(27-18(15)20(25-13)32-11-22(2,10-23)12-32)26-16-6-5-14(8-17(16)33-4)19-28-29-30-31(19)3/h5-9H,11-12H2,1-4H3,(H,24,26,27). The van der Waals surface area contributed by atoms with Gasteiger partial charge in [-0.25, -0.2) is 19.6 Å². The van der Waals surface area contributed by atoms with Crippen molar-refractivity contribution < 1.29 is 4.74 Å². The van der Waals surface area contributed by atoms with Crippen LogP contribution >= 0.6 is 0 Å². The maximum absolute atomic E-state index is 9.37. The van der Waals surface area contributed by atoms with Gasteiger partial charge in [-0.2, -0.15) is 5.26 Å². The number of nitriles is 1. The van der Waals surface area contributed by atoms with Crippen molar-refractivity contribution in [2.75, 3.05) is 30.4 Å². The Morgan fingerprint density at radius 1 is 1.21 bits per heavy atom. The molecule has 0 atom stereocenters. The van der Waals surface area contributed by atoms with Crippen LogP contribution in [0, 0.1) is 23.7 Å². The fraction of sp³-hybridized carbons (Fsp3) is 0.318. The Morgan fingerprint density at radius 2 is 2.03 bits per heavy atom. The average Bonchev–Trinajstić information content (AvgIpc) is 3.22. The predicted octanol–water partition coefficient (Wildman–Crippen LogP) is 2.63. The minimum atomic E-state index is -0.362. The van der Waals surface area contributed by atoms with Gasteiger partial charge in [0.25, 0.3) is 0 Å². The lowest BCUT2D eigenvalue weighted by Crippen LogP contribution is -2.54. The van der Waals surface area contributed by atoms with Gasteiger partial charge in [0, 0.05) is 43.0 Å². The lowest BCUT2D eigenvalue weighted by atomic mass is 9.83. The summed E-state index contributed by atoms with van der Waals surface area (Å²) < 4.78 is 7.17. The predicted molar refractivity (Wildman–Crippen MR) is 122 cm³/mol. The SMILES string of the molecule is COc1cc(-c2nnnn2C)ccc1Nc1ncc2cc(C)nc(N3CC(C)(C#N)C3)c2n1. The highest BCUT2D eigenvalue weighted by molar-refractivity contribution is 5.90. The second-order valence-corrected chi connectivity index (χ2v) is 8.41. The summed E-state index contributed by atoms with van der Waals surface area (Å²) in [5.41, 5.74) is 2.78. The van der Waals surface area contributed by atoms with Crippen LogP contribution in [0.3, 0.4) is 0 Å². The zero-order valence-corrected chi connectivity index (χ0v) is 18.7. The summed E-state index contributed by atoms with van der Waals surface area (Å²) in [6.45, 7) is 5.13. The highest BCUT2D eigenvalue weighted by atomic mass is 16.5. The number of aryl methyl sites for hydroxylation is 2. The first-order valence-corrected chi connectivity index (χ1v) is 10.4. The van der Waals surface area contributed by atoms with Gasteiger partial charge in [-0.15, -0.1) is 5.10 Å². The van der Waals surface area contributed by atoms with Crippen LogP contribution < -0.4 is 15.0 Å². The van der Waals surface area contributed by atoms with E-state index in [1.54, 1.807) is 25.0 Å². The third kappa shape index (κ3) is 3.65. The van der Waals surface area contributed by atoms with Crippen molar-refractivity contribution >= 4 is 28.4 Å². The van der Waals surface area contributed by atoms with E-state index in [-0.39, 0.29) is 5.41 Å². The maximum Gasteiger partial charge on any atom is 0.227 e. The van der Waals surface area contributed by atoms with Gasteiger partial charge < -0.3 is 15.0 Å². The fourth-order valence-electron chi connectivity index (χ4n) is 3.98. The molecule has 1 aromatic carbocycles. The molecule has 4 heterocycles. The van der Waals surface area contributed by atoms with Crippen molar-refractivity contribution in [2.24, 2.45) is 12.5 Å². The summed E-state index contributed by atoms with van der Waals surface area (Å²) in [7, 11) is 3.38. The van der Waals surface area contributed by atoms with Gasteiger partial charge in [-0.3, -0.25) is 0 Å². The van der Waals surface area contributed by atoms with Crippen LogP contribution in [-0.4, -0.2) is 55.4 Å². The number of anilines is 3. The molecule has 0 spiro atoms. The van der Waals surface area contributed by atoms with Crippen molar-refractivity contribution in [3.8, 4) is 23.2 Å². The van der Waals surface area contributed by atoms with Gasteiger partial charge in [0.15, 0.2) is 11.6 Å². The molecular weight excluding hydrogens is 420 g/mol. The molecule has 4 aromatic rings. The number of benzene rings is 1. The molecule has 0 radical (unpaired) electrons. The van der Waals surface area contributed by atoms with Crippen LogP contribution in [0.4, 0.5) is 17.5 Å². The highest BCUT2D eigenvalue weighted by Crippen LogP contribution is 2.36. The Labute approximate surface area is 190 Å². The molecule has 33 heavy (non-hydrogen) atoms. The van der Waals surface area contributed by atoms with E-state index in [1.807, 2.05) is 38.1 Å². The molecule has 0 bridgehead atoms. The van der Waals surface area contributed by atoms with Crippen molar-refractivity contribution in [2.45, 2.75) is 13.8 Å². The summed E-state index contributed by atoms with van der Waals surface area (Å²) in [5.74, 6) is 2.42. The molecule has 0 aliphatic carbocycles. The molecule has 1 N–H and O–H groups in total. The number of methoxy groups -OCH3 is 1. The summed E-state index contributed by atoms with van der Waals surface area (Å²) in [5, 5.41) is 25.1. The number of hydrogen-bond donors (Lipinski definition) is 1. The lowest BCUT2D eigenvalue weighted by Gasteiger charge is -2.44. The van der Waals surface area contributed by atoms with Gasteiger partial charge in [0.05, 0.1) is 24.3 Å². The zero-order valence-electron chi connectivity index (χ0n) is 18.7. The topological polar surface area (TPSA) is 131 Å². The maximum atomic E-state index is 9.37. The van der Waals surface area contributed by atoms with Crippen LogP contribution in [-0.2, 0) is 7.05 Å². The van der Waals surface area contributed by atoms with Crippen LogP contribution in [0.5, 0.6) is 5.75 Å². The van der Waals surface area contributed by atoms with Crippen LogP contribution in [0.2, 0.25) is 0 Å². The largest absolute Gasteiger partial charge is 0.495 e. The molecular formula is C22H22N10O. The quantitative estimate of drug-likeness (QED) is 0.492. The van der Waals surface area contributed by atoms with Gasteiger partial charge in [-0.1, -0.05) is 0 Å². The van der Waals surface area contributed by atoms with Gasteiger partial charge >= 0.3 is 0 Å². The second-order valence-electron chi connectivity index (χ2n) is 8.41. The van der Waals surface area contributed by atoms with Crippen molar-refractivity contribution in [1.82, 2.24) is 35.2 Å². The number of hydrogen-bond acceptors (Lipinski definition) is 10.